The van der Waals surface area contributed by atoms with Gasteiger partial charge in [-0.1, -0.05) is 26.8 Å². The fourth-order valence-corrected chi connectivity index (χ4v) is 3.01. The molecule has 1 fully saturated rings. The number of likely N-dealkylation sites (tertiary alicyclic amines) is 1. The van der Waals surface area contributed by atoms with E-state index in [1.165, 1.54) is 6.42 Å². The van der Waals surface area contributed by atoms with E-state index in [1.807, 2.05) is 30.0 Å². The Morgan fingerprint density at radius 1 is 1.12 bits per heavy atom. The number of hydrogen-bond acceptors (Lipinski definition) is 4. The number of carbonyl (C=O) groups excluding carboxylic acids is 1. The molecule has 0 aromatic heterocycles. The summed E-state index contributed by atoms with van der Waals surface area (Å²) in [6, 6.07) is 5.93. The number of amides is 1. The smallest absolute Gasteiger partial charge is 0.260 e. The summed E-state index contributed by atoms with van der Waals surface area (Å²) >= 11 is 0. The van der Waals surface area contributed by atoms with E-state index in [2.05, 4.69) is 26.1 Å². The highest BCUT2D eigenvalue weighted by atomic mass is 16.5. The average molecular weight is 363 g/mol. The second kappa shape index (κ2) is 9.81. The molecule has 1 aromatic rings. The van der Waals surface area contributed by atoms with Gasteiger partial charge in [0.25, 0.3) is 5.91 Å². The first-order chi connectivity index (χ1) is 12.4. The van der Waals surface area contributed by atoms with Crippen molar-refractivity contribution in [2.24, 2.45) is 5.41 Å². The van der Waals surface area contributed by atoms with Crippen LogP contribution in [0.4, 0.5) is 0 Å². The lowest BCUT2D eigenvalue weighted by molar-refractivity contribution is -0.134. The van der Waals surface area contributed by atoms with Crippen LogP contribution in [0.2, 0.25) is 0 Å². The maximum Gasteiger partial charge on any atom is 0.260 e. The molecular formula is C21H34N2O3. The van der Waals surface area contributed by atoms with Gasteiger partial charge in [-0.25, -0.2) is 0 Å². The molecule has 1 saturated heterocycles. The second-order valence-corrected chi connectivity index (χ2v) is 8.11. The Morgan fingerprint density at radius 3 is 2.50 bits per heavy atom. The molecule has 1 aliphatic heterocycles. The summed E-state index contributed by atoms with van der Waals surface area (Å²) in [5.41, 5.74) is 1.40. The highest BCUT2D eigenvalue weighted by Gasteiger charge is 2.18. The zero-order valence-corrected chi connectivity index (χ0v) is 16.8. The van der Waals surface area contributed by atoms with Crippen LogP contribution in [0.5, 0.6) is 11.5 Å². The summed E-state index contributed by atoms with van der Waals surface area (Å²) in [7, 11) is 0. The van der Waals surface area contributed by atoms with E-state index in [0.29, 0.717) is 18.1 Å². The third-order valence-electron chi connectivity index (χ3n) is 4.35. The van der Waals surface area contributed by atoms with E-state index >= 15 is 0 Å². The van der Waals surface area contributed by atoms with E-state index in [4.69, 9.17) is 9.47 Å². The molecule has 1 N–H and O–H groups in total. The molecule has 0 radical (unpaired) electrons. The standard InChI is InChI=1S/C21H34N2O3/c1-5-25-19-13-17(14-22-16-21(2,3)4)9-10-18(19)26-15-20(24)23-11-7-6-8-12-23/h9-10,13,22H,5-8,11-12,14-16H2,1-4H3. The summed E-state index contributed by atoms with van der Waals surface area (Å²) < 4.78 is 11.5. The predicted octanol–water partition coefficient (Wildman–Crippen LogP) is 3.61. The minimum atomic E-state index is 0.0584. The normalized spacial score (nSPS) is 15.0. The summed E-state index contributed by atoms with van der Waals surface area (Å²) in [4.78, 5) is 14.2. The fourth-order valence-electron chi connectivity index (χ4n) is 3.01. The molecule has 0 unspecified atom stereocenters. The predicted molar refractivity (Wildman–Crippen MR) is 105 cm³/mol. The lowest BCUT2D eigenvalue weighted by atomic mass is 9.97. The maximum absolute atomic E-state index is 12.3. The SMILES string of the molecule is CCOc1cc(CNCC(C)(C)C)ccc1OCC(=O)N1CCCCC1. The van der Waals surface area contributed by atoms with E-state index < -0.39 is 0 Å². The maximum atomic E-state index is 12.3. The van der Waals surface area contributed by atoms with Gasteiger partial charge >= 0.3 is 0 Å². The molecule has 1 aromatic carbocycles. The topological polar surface area (TPSA) is 50.8 Å². The minimum absolute atomic E-state index is 0.0584. The molecule has 1 aliphatic rings. The number of rotatable bonds is 8. The van der Waals surface area contributed by atoms with Crippen LogP contribution in [0.25, 0.3) is 0 Å². The van der Waals surface area contributed by atoms with Crippen molar-refractivity contribution in [3.8, 4) is 11.5 Å². The second-order valence-electron chi connectivity index (χ2n) is 8.11. The number of nitrogens with one attached hydrogen (secondary N) is 1. The van der Waals surface area contributed by atoms with Crippen molar-refractivity contribution >= 4 is 5.91 Å². The van der Waals surface area contributed by atoms with Gasteiger partial charge in [-0.2, -0.15) is 0 Å². The van der Waals surface area contributed by atoms with Gasteiger partial charge in [0.2, 0.25) is 0 Å². The summed E-state index contributed by atoms with van der Waals surface area (Å²) in [6.45, 7) is 12.6. The van der Waals surface area contributed by atoms with Crippen molar-refractivity contribution in [1.29, 1.82) is 0 Å². The van der Waals surface area contributed by atoms with Crippen LogP contribution in [-0.4, -0.2) is 43.7 Å². The first kappa shape index (κ1) is 20.6. The lowest BCUT2D eigenvalue weighted by Gasteiger charge is -2.26. The molecule has 5 nitrogen and oxygen atoms in total. The Hall–Kier alpha value is -1.75. The number of hydrogen-bond donors (Lipinski definition) is 1. The molecule has 0 atom stereocenters. The van der Waals surface area contributed by atoms with Crippen molar-refractivity contribution in [1.82, 2.24) is 10.2 Å². The van der Waals surface area contributed by atoms with Crippen LogP contribution in [0.1, 0.15) is 52.5 Å². The Morgan fingerprint density at radius 2 is 1.85 bits per heavy atom. The third-order valence-corrected chi connectivity index (χ3v) is 4.35. The molecule has 1 heterocycles. The van der Waals surface area contributed by atoms with Crippen LogP contribution in [0.15, 0.2) is 18.2 Å². The van der Waals surface area contributed by atoms with Crippen molar-refractivity contribution in [2.75, 3.05) is 32.8 Å². The number of nitrogens with zero attached hydrogens (tertiary/aromatic N) is 1. The average Bonchev–Trinajstić information content (AvgIpc) is 2.61. The molecular weight excluding hydrogens is 328 g/mol. The van der Waals surface area contributed by atoms with Gasteiger partial charge in [0.1, 0.15) is 0 Å². The summed E-state index contributed by atoms with van der Waals surface area (Å²) in [5, 5.41) is 3.47. The van der Waals surface area contributed by atoms with E-state index in [1.54, 1.807) is 0 Å². The van der Waals surface area contributed by atoms with Crippen LogP contribution in [0, 0.1) is 5.41 Å². The Bertz CT molecular complexity index is 575. The zero-order valence-electron chi connectivity index (χ0n) is 16.8. The number of carbonyl (C=O) groups is 1. The molecule has 0 saturated carbocycles. The number of piperidine rings is 1. The van der Waals surface area contributed by atoms with E-state index in [-0.39, 0.29) is 17.9 Å². The van der Waals surface area contributed by atoms with Crippen molar-refractivity contribution < 1.29 is 14.3 Å². The molecule has 1 amide bonds. The van der Waals surface area contributed by atoms with Crippen molar-refractivity contribution in [3.05, 3.63) is 23.8 Å². The van der Waals surface area contributed by atoms with Crippen LogP contribution in [0.3, 0.4) is 0 Å². The quantitative estimate of drug-likeness (QED) is 0.767. The van der Waals surface area contributed by atoms with Crippen molar-refractivity contribution in [3.63, 3.8) is 0 Å². The number of ether oxygens (including phenoxy) is 2. The largest absolute Gasteiger partial charge is 0.490 e. The van der Waals surface area contributed by atoms with E-state index in [0.717, 1.165) is 44.6 Å². The molecule has 26 heavy (non-hydrogen) atoms. The molecule has 0 bridgehead atoms. The third kappa shape index (κ3) is 6.87. The van der Waals surface area contributed by atoms with Gasteiger partial charge in [-0.3, -0.25) is 4.79 Å². The summed E-state index contributed by atoms with van der Waals surface area (Å²) in [5.74, 6) is 1.40. The Labute approximate surface area is 158 Å². The van der Waals surface area contributed by atoms with Gasteiger partial charge in [0, 0.05) is 26.2 Å². The van der Waals surface area contributed by atoms with Crippen LogP contribution < -0.4 is 14.8 Å². The fraction of sp³-hybridized carbons (Fsp3) is 0.667. The first-order valence-corrected chi connectivity index (χ1v) is 9.76. The molecule has 0 aliphatic carbocycles. The molecule has 146 valence electrons. The monoisotopic (exact) mass is 362 g/mol. The van der Waals surface area contributed by atoms with Crippen LogP contribution in [-0.2, 0) is 11.3 Å². The van der Waals surface area contributed by atoms with Gasteiger partial charge in [0.15, 0.2) is 18.1 Å². The Kier molecular flexibility index (Phi) is 7.76. The van der Waals surface area contributed by atoms with Crippen LogP contribution >= 0.6 is 0 Å². The first-order valence-electron chi connectivity index (χ1n) is 9.76. The van der Waals surface area contributed by atoms with Gasteiger partial charge in [-0.15, -0.1) is 0 Å². The molecule has 5 heteroatoms. The zero-order chi connectivity index (χ0) is 19.0. The minimum Gasteiger partial charge on any atom is -0.490 e. The lowest BCUT2D eigenvalue weighted by Crippen LogP contribution is -2.38. The molecule has 2 rings (SSSR count). The highest BCUT2D eigenvalue weighted by Crippen LogP contribution is 2.29. The van der Waals surface area contributed by atoms with Gasteiger partial charge in [-0.05, 0) is 49.3 Å². The molecule has 0 spiro atoms. The highest BCUT2D eigenvalue weighted by molar-refractivity contribution is 5.78. The summed E-state index contributed by atoms with van der Waals surface area (Å²) in [6.07, 6.45) is 3.39. The number of benzene rings is 1. The van der Waals surface area contributed by atoms with Gasteiger partial charge in [0.05, 0.1) is 6.61 Å². The van der Waals surface area contributed by atoms with E-state index in [9.17, 15) is 4.79 Å². The Balaban J connectivity index is 1.93. The van der Waals surface area contributed by atoms with Gasteiger partial charge < -0.3 is 19.7 Å². The van der Waals surface area contributed by atoms with Crippen molar-refractivity contribution in [2.45, 2.75) is 53.5 Å².